The lowest BCUT2D eigenvalue weighted by atomic mass is 10.1. The smallest absolute Gasteiger partial charge is 0.169 e. The van der Waals surface area contributed by atoms with Crippen molar-refractivity contribution in [2.75, 3.05) is 22.9 Å². The Labute approximate surface area is 122 Å². The van der Waals surface area contributed by atoms with Crippen LogP contribution < -0.4 is 16.4 Å². The second-order valence-corrected chi connectivity index (χ2v) is 4.91. The van der Waals surface area contributed by atoms with Crippen LogP contribution in [0.4, 0.5) is 21.5 Å². The van der Waals surface area contributed by atoms with Gasteiger partial charge in [-0.1, -0.05) is 41.9 Å². The molecule has 0 unspecified atom stereocenters. The average molecular weight is 294 g/mol. The molecule has 2 rings (SSSR count). The van der Waals surface area contributed by atoms with E-state index in [1.165, 1.54) is 6.07 Å². The average Bonchev–Trinajstić information content (AvgIpc) is 2.45. The van der Waals surface area contributed by atoms with E-state index in [0.29, 0.717) is 24.5 Å². The third kappa shape index (κ3) is 2.80. The van der Waals surface area contributed by atoms with Crippen LogP contribution in [0.3, 0.4) is 0 Å². The summed E-state index contributed by atoms with van der Waals surface area (Å²) < 4.78 is 14.3. The number of halogens is 2. The van der Waals surface area contributed by atoms with E-state index in [2.05, 4.69) is 0 Å². The molecule has 0 amide bonds. The van der Waals surface area contributed by atoms with Crippen LogP contribution in [0.2, 0.25) is 5.02 Å². The maximum Gasteiger partial charge on any atom is 0.169 e. The maximum atomic E-state index is 14.3. The summed E-state index contributed by atoms with van der Waals surface area (Å²) in [7, 11) is 0. The van der Waals surface area contributed by atoms with E-state index in [9.17, 15) is 4.39 Å². The van der Waals surface area contributed by atoms with Gasteiger partial charge in [0.25, 0.3) is 0 Å². The van der Waals surface area contributed by atoms with Crippen LogP contribution in [-0.2, 0) is 6.54 Å². The van der Waals surface area contributed by atoms with Crippen LogP contribution in [0.1, 0.15) is 12.5 Å². The summed E-state index contributed by atoms with van der Waals surface area (Å²) in [5.74, 6) is -0.568. The van der Waals surface area contributed by atoms with Crippen LogP contribution in [-0.4, -0.2) is 6.54 Å². The van der Waals surface area contributed by atoms with E-state index >= 15 is 0 Å². The van der Waals surface area contributed by atoms with Gasteiger partial charge >= 0.3 is 0 Å². The minimum absolute atomic E-state index is 0.0827. The first-order valence-electron chi connectivity index (χ1n) is 6.36. The first kappa shape index (κ1) is 14.5. The molecule has 0 aliphatic rings. The zero-order valence-electron chi connectivity index (χ0n) is 11.2. The lowest BCUT2D eigenvalue weighted by Gasteiger charge is -2.26. The molecule has 0 saturated heterocycles. The van der Waals surface area contributed by atoms with Crippen molar-refractivity contribution >= 4 is 28.7 Å². The Morgan fingerprint density at radius 1 is 1.15 bits per heavy atom. The maximum absolute atomic E-state index is 14.3. The highest BCUT2D eigenvalue weighted by Gasteiger charge is 2.19. The van der Waals surface area contributed by atoms with Crippen molar-refractivity contribution in [1.82, 2.24) is 0 Å². The van der Waals surface area contributed by atoms with Gasteiger partial charge in [0.05, 0.1) is 17.1 Å². The monoisotopic (exact) mass is 293 g/mol. The molecule has 0 aliphatic carbocycles. The largest absolute Gasteiger partial charge is 0.397 e. The van der Waals surface area contributed by atoms with E-state index in [-0.39, 0.29) is 10.7 Å². The summed E-state index contributed by atoms with van der Waals surface area (Å²) in [5.41, 5.74) is 13.3. The van der Waals surface area contributed by atoms with Crippen molar-refractivity contribution in [2.45, 2.75) is 13.5 Å². The lowest BCUT2D eigenvalue weighted by molar-refractivity contribution is 0.620. The molecule has 0 aliphatic heterocycles. The van der Waals surface area contributed by atoms with Gasteiger partial charge in [-0.2, -0.15) is 0 Å². The Morgan fingerprint density at radius 3 is 2.40 bits per heavy atom. The SMILES string of the molecule is CCN(Cc1ccccc1)c1c(N)cc(N)c(Cl)c1F. The molecule has 4 N–H and O–H groups in total. The summed E-state index contributed by atoms with van der Waals surface area (Å²) >= 11 is 5.88. The summed E-state index contributed by atoms with van der Waals surface area (Å²) in [6.45, 7) is 3.10. The summed E-state index contributed by atoms with van der Waals surface area (Å²) in [4.78, 5) is 1.84. The molecule has 0 fully saturated rings. The van der Waals surface area contributed by atoms with Gasteiger partial charge in [0.1, 0.15) is 5.02 Å². The predicted octanol–water partition coefficient (Wildman–Crippen LogP) is 3.67. The van der Waals surface area contributed by atoms with Crippen molar-refractivity contribution in [3.05, 3.63) is 52.8 Å². The van der Waals surface area contributed by atoms with Crippen LogP contribution in [0.25, 0.3) is 0 Å². The van der Waals surface area contributed by atoms with Gasteiger partial charge in [-0.25, -0.2) is 4.39 Å². The Hall–Kier alpha value is -1.94. The van der Waals surface area contributed by atoms with Crippen molar-refractivity contribution in [1.29, 1.82) is 0 Å². The Balaban J connectivity index is 2.40. The number of hydrogen-bond donors (Lipinski definition) is 2. The lowest BCUT2D eigenvalue weighted by Crippen LogP contribution is -2.24. The van der Waals surface area contributed by atoms with Gasteiger partial charge in [0.15, 0.2) is 5.82 Å². The zero-order valence-corrected chi connectivity index (χ0v) is 12.0. The van der Waals surface area contributed by atoms with Crippen molar-refractivity contribution in [3.63, 3.8) is 0 Å². The molecule has 106 valence electrons. The molecule has 2 aromatic rings. The fraction of sp³-hybridized carbons (Fsp3) is 0.200. The zero-order chi connectivity index (χ0) is 14.7. The highest BCUT2D eigenvalue weighted by molar-refractivity contribution is 6.33. The highest BCUT2D eigenvalue weighted by atomic mass is 35.5. The number of rotatable bonds is 4. The van der Waals surface area contributed by atoms with E-state index in [0.717, 1.165) is 5.56 Å². The van der Waals surface area contributed by atoms with Crippen molar-refractivity contribution in [2.24, 2.45) is 0 Å². The van der Waals surface area contributed by atoms with E-state index in [4.69, 9.17) is 23.1 Å². The third-order valence-corrected chi connectivity index (χ3v) is 3.54. The summed E-state index contributed by atoms with van der Waals surface area (Å²) in [5, 5.41) is -0.0827. The van der Waals surface area contributed by atoms with Crippen LogP contribution in [0.5, 0.6) is 0 Å². The molecule has 0 aromatic heterocycles. The summed E-state index contributed by atoms with van der Waals surface area (Å²) in [6.07, 6.45) is 0. The van der Waals surface area contributed by atoms with Crippen LogP contribution in [0.15, 0.2) is 36.4 Å². The number of nitrogens with two attached hydrogens (primary N) is 2. The number of nitrogens with zero attached hydrogens (tertiary/aromatic N) is 1. The van der Waals surface area contributed by atoms with E-state index < -0.39 is 5.82 Å². The van der Waals surface area contributed by atoms with Crippen LogP contribution in [0, 0.1) is 5.82 Å². The summed E-state index contributed by atoms with van der Waals surface area (Å²) in [6, 6.07) is 11.3. The van der Waals surface area contributed by atoms with Crippen molar-refractivity contribution in [3.8, 4) is 0 Å². The molecule has 0 atom stereocenters. The molecular weight excluding hydrogens is 277 g/mol. The second-order valence-electron chi connectivity index (χ2n) is 4.53. The normalized spacial score (nSPS) is 10.6. The first-order valence-corrected chi connectivity index (χ1v) is 6.74. The highest BCUT2D eigenvalue weighted by Crippen LogP contribution is 2.36. The van der Waals surface area contributed by atoms with Crippen LogP contribution >= 0.6 is 11.6 Å². The molecule has 20 heavy (non-hydrogen) atoms. The second kappa shape index (κ2) is 6.01. The Morgan fingerprint density at radius 2 is 1.80 bits per heavy atom. The molecule has 3 nitrogen and oxygen atoms in total. The quantitative estimate of drug-likeness (QED) is 0.846. The van der Waals surface area contributed by atoms with Gasteiger partial charge in [-0.15, -0.1) is 0 Å². The molecular formula is C15H17ClFN3. The number of hydrogen-bond acceptors (Lipinski definition) is 3. The first-order chi connectivity index (χ1) is 9.54. The molecule has 0 bridgehead atoms. The minimum Gasteiger partial charge on any atom is -0.397 e. The fourth-order valence-electron chi connectivity index (χ4n) is 2.13. The van der Waals surface area contributed by atoms with E-state index in [1.54, 1.807) is 0 Å². The molecule has 2 aromatic carbocycles. The predicted molar refractivity (Wildman–Crippen MR) is 83.4 cm³/mol. The van der Waals surface area contributed by atoms with Gasteiger partial charge < -0.3 is 16.4 Å². The van der Waals surface area contributed by atoms with Crippen molar-refractivity contribution < 1.29 is 4.39 Å². The Kier molecular flexibility index (Phi) is 4.35. The standard InChI is InChI=1S/C15H17ClFN3/c1-2-20(9-10-6-4-3-5-7-10)15-12(19)8-11(18)13(16)14(15)17/h3-8H,2,9,18-19H2,1H3. The molecule has 0 radical (unpaired) electrons. The molecule has 0 spiro atoms. The molecule has 0 saturated carbocycles. The number of anilines is 3. The van der Waals surface area contributed by atoms with E-state index in [1.807, 2.05) is 42.2 Å². The fourth-order valence-corrected chi connectivity index (χ4v) is 2.27. The van der Waals surface area contributed by atoms with Gasteiger partial charge in [0, 0.05) is 13.1 Å². The van der Waals surface area contributed by atoms with Gasteiger partial charge in [0.2, 0.25) is 0 Å². The topological polar surface area (TPSA) is 55.3 Å². The number of benzene rings is 2. The minimum atomic E-state index is -0.568. The third-order valence-electron chi connectivity index (χ3n) is 3.15. The molecule has 5 heteroatoms. The van der Waals surface area contributed by atoms with Gasteiger partial charge in [-0.3, -0.25) is 0 Å². The molecule has 0 heterocycles. The number of nitrogen functional groups attached to an aromatic ring is 2. The van der Waals surface area contributed by atoms with Gasteiger partial charge in [-0.05, 0) is 18.6 Å². The Bertz CT molecular complexity index is 602.